The fourth-order valence-corrected chi connectivity index (χ4v) is 8.94. The molecule has 0 aliphatic carbocycles. The fourth-order valence-electron chi connectivity index (χ4n) is 8.94. The zero-order chi connectivity index (χ0) is 36.7. The maximum atomic E-state index is 4.97. The number of hydrogen-bond donors (Lipinski definition) is 0. The van der Waals surface area contributed by atoms with Crippen LogP contribution in [0.15, 0.2) is 194 Å². The SMILES string of the molecule is c1ccc(-n2ncc3c(-c4cccc5c4c4ccc6c(cnn6-c6ccccc6)c4n5-c4ccc(-n5c6ccccc6c6ccccc65)cc4)cccc32)cc1. The summed E-state index contributed by atoms with van der Waals surface area (Å²) in [6.45, 7) is 0. The number of rotatable bonds is 5. The lowest BCUT2D eigenvalue weighted by atomic mass is 9.96. The molecule has 4 aromatic heterocycles. The van der Waals surface area contributed by atoms with Gasteiger partial charge >= 0.3 is 0 Å². The summed E-state index contributed by atoms with van der Waals surface area (Å²) < 4.78 is 8.87. The van der Waals surface area contributed by atoms with Crippen molar-refractivity contribution in [2.75, 3.05) is 0 Å². The number of benzene rings is 8. The largest absolute Gasteiger partial charge is 0.309 e. The van der Waals surface area contributed by atoms with E-state index in [9.17, 15) is 0 Å². The summed E-state index contributed by atoms with van der Waals surface area (Å²) in [7, 11) is 0. The quantitative estimate of drug-likeness (QED) is 0.178. The highest BCUT2D eigenvalue weighted by atomic mass is 15.3. The molecule has 56 heavy (non-hydrogen) atoms. The number of aromatic nitrogens is 6. The molecule has 0 bridgehead atoms. The van der Waals surface area contributed by atoms with Gasteiger partial charge in [0.25, 0.3) is 0 Å². The van der Waals surface area contributed by atoms with Crippen LogP contribution < -0.4 is 0 Å². The van der Waals surface area contributed by atoms with Gasteiger partial charge in [-0.25, -0.2) is 9.36 Å². The average Bonchev–Trinajstić information content (AvgIpc) is 4.05. The molecule has 0 aliphatic heterocycles. The highest BCUT2D eigenvalue weighted by Gasteiger charge is 2.22. The molecule has 0 atom stereocenters. The Balaban J connectivity index is 1.12. The topological polar surface area (TPSA) is 45.5 Å². The second-order valence-electron chi connectivity index (χ2n) is 14.3. The third-order valence-electron chi connectivity index (χ3n) is 11.4. The number of para-hydroxylation sites is 4. The van der Waals surface area contributed by atoms with Gasteiger partial charge in [-0.15, -0.1) is 0 Å². The predicted molar refractivity (Wildman–Crippen MR) is 230 cm³/mol. The average molecular weight is 717 g/mol. The van der Waals surface area contributed by atoms with Gasteiger partial charge in [-0.2, -0.15) is 10.2 Å². The van der Waals surface area contributed by atoms with Gasteiger partial charge in [0.05, 0.1) is 56.9 Å². The Hall–Kier alpha value is -7.70. The molecule has 12 aromatic rings. The second-order valence-corrected chi connectivity index (χ2v) is 14.3. The molecular weight excluding hydrogens is 685 g/mol. The maximum absolute atomic E-state index is 4.97. The molecular formula is C50H32N6. The first kappa shape index (κ1) is 30.7. The van der Waals surface area contributed by atoms with E-state index >= 15 is 0 Å². The van der Waals surface area contributed by atoms with E-state index in [1.54, 1.807) is 0 Å². The van der Waals surface area contributed by atoms with Gasteiger partial charge in [-0.05, 0) is 96.1 Å². The van der Waals surface area contributed by atoms with E-state index in [1.807, 2.05) is 33.9 Å². The summed E-state index contributed by atoms with van der Waals surface area (Å²) in [5.74, 6) is 0. The van der Waals surface area contributed by atoms with Gasteiger partial charge in [-0.3, -0.25) is 0 Å². The van der Waals surface area contributed by atoms with Crippen LogP contribution >= 0.6 is 0 Å². The van der Waals surface area contributed by atoms with Crippen LogP contribution in [-0.2, 0) is 0 Å². The Labute approximate surface area is 321 Å². The third-order valence-corrected chi connectivity index (χ3v) is 11.4. The Kier molecular flexibility index (Phi) is 6.53. The van der Waals surface area contributed by atoms with E-state index in [0.717, 1.165) is 61.2 Å². The highest BCUT2D eigenvalue weighted by molar-refractivity contribution is 6.23. The predicted octanol–water partition coefficient (Wildman–Crippen LogP) is 12.2. The van der Waals surface area contributed by atoms with Gasteiger partial charge in [0.2, 0.25) is 0 Å². The molecule has 6 nitrogen and oxygen atoms in total. The van der Waals surface area contributed by atoms with Gasteiger partial charge < -0.3 is 9.13 Å². The fraction of sp³-hybridized carbons (Fsp3) is 0. The summed E-state index contributed by atoms with van der Waals surface area (Å²) in [4.78, 5) is 0. The molecule has 0 saturated heterocycles. The lowest BCUT2D eigenvalue weighted by Crippen LogP contribution is -1.98. The summed E-state index contributed by atoms with van der Waals surface area (Å²) in [6, 6.07) is 64.8. The lowest BCUT2D eigenvalue weighted by Gasteiger charge is -2.12. The molecule has 0 fully saturated rings. The highest BCUT2D eigenvalue weighted by Crippen LogP contribution is 2.43. The van der Waals surface area contributed by atoms with Crippen molar-refractivity contribution in [1.29, 1.82) is 0 Å². The molecule has 12 rings (SSSR count). The van der Waals surface area contributed by atoms with Crippen LogP contribution in [-0.4, -0.2) is 28.7 Å². The molecule has 0 aliphatic rings. The van der Waals surface area contributed by atoms with Gasteiger partial charge in [-0.1, -0.05) is 97.1 Å². The number of nitrogens with zero attached hydrogens (tertiary/aromatic N) is 6. The molecule has 0 radical (unpaired) electrons. The molecule has 0 saturated carbocycles. The molecule has 4 heterocycles. The first-order chi connectivity index (χ1) is 27.8. The zero-order valence-corrected chi connectivity index (χ0v) is 30.2. The molecule has 0 spiro atoms. The number of hydrogen-bond acceptors (Lipinski definition) is 2. The van der Waals surface area contributed by atoms with E-state index in [0.29, 0.717) is 0 Å². The van der Waals surface area contributed by atoms with Crippen molar-refractivity contribution in [3.63, 3.8) is 0 Å². The van der Waals surface area contributed by atoms with Gasteiger partial charge in [0, 0.05) is 43.7 Å². The van der Waals surface area contributed by atoms with Crippen molar-refractivity contribution in [3.8, 4) is 33.9 Å². The summed E-state index contributed by atoms with van der Waals surface area (Å²) >= 11 is 0. The van der Waals surface area contributed by atoms with E-state index in [4.69, 9.17) is 10.2 Å². The Morgan fingerprint density at radius 3 is 1.43 bits per heavy atom. The van der Waals surface area contributed by atoms with E-state index in [-0.39, 0.29) is 0 Å². The minimum Gasteiger partial charge on any atom is -0.309 e. The monoisotopic (exact) mass is 716 g/mol. The van der Waals surface area contributed by atoms with Crippen LogP contribution in [0, 0.1) is 0 Å². The second kappa shape index (κ2) is 11.9. The van der Waals surface area contributed by atoms with Gasteiger partial charge in [0.1, 0.15) is 0 Å². The van der Waals surface area contributed by atoms with Crippen LogP contribution in [0.2, 0.25) is 0 Å². The van der Waals surface area contributed by atoms with Crippen molar-refractivity contribution in [2.24, 2.45) is 0 Å². The minimum atomic E-state index is 1.03. The molecule has 262 valence electrons. The van der Waals surface area contributed by atoms with Crippen molar-refractivity contribution < 1.29 is 0 Å². The van der Waals surface area contributed by atoms with Crippen LogP contribution in [0.25, 0.3) is 99.3 Å². The maximum Gasteiger partial charge on any atom is 0.0762 e. The standard InChI is InChI=1S/C50H32N6/c1-3-13-35(14-4-1)55-46-23-11-19-37(42(46)31-51-55)40-20-12-24-48-49(40)41-29-30-47-43(32-52-56(47)36-15-5-2-6-16-36)50(41)54(48)34-27-25-33(26-28-34)53-44-21-9-7-17-38(44)39-18-8-10-22-45(39)53/h1-32H. The van der Waals surface area contributed by atoms with Crippen molar-refractivity contribution in [2.45, 2.75) is 0 Å². The summed E-state index contributed by atoms with van der Waals surface area (Å²) in [6.07, 6.45) is 4.03. The van der Waals surface area contributed by atoms with Crippen molar-refractivity contribution >= 4 is 65.4 Å². The normalized spacial score (nSPS) is 11.9. The summed E-state index contributed by atoms with van der Waals surface area (Å²) in [5, 5.41) is 16.9. The minimum absolute atomic E-state index is 1.03. The number of fused-ring (bicyclic) bond motifs is 9. The third kappa shape index (κ3) is 4.38. The van der Waals surface area contributed by atoms with E-state index < -0.39 is 0 Å². The lowest BCUT2D eigenvalue weighted by molar-refractivity contribution is 0.911. The van der Waals surface area contributed by atoms with Crippen LogP contribution in [0.4, 0.5) is 0 Å². The molecule has 0 unspecified atom stereocenters. The zero-order valence-electron chi connectivity index (χ0n) is 30.2. The molecule has 8 aromatic carbocycles. The van der Waals surface area contributed by atoms with Gasteiger partial charge in [0.15, 0.2) is 0 Å². The first-order valence-corrected chi connectivity index (χ1v) is 18.9. The molecule has 0 amide bonds. The van der Waals surface area contributed by atoms with Crippen LogP contribution in [0.5, 0.6) is 0 Å². The molecule has 0 N–H and O–H groups in total. The van der Waals surface area contributed by atoms with Crippen molar-refractivity contribution in [1.82, 2.24) is 28.7 Å². The van der Waals surface area contributed by atoms with E-state index in [2.05, 4.69) is 179 Å². The first-order valence-electron chi connectivity index (χ1n) is 18.9. The molecule has 6 heteroatoms. The van der Waals surface area contributed by atoms with Crippen LogP contribution in [0.1, 0.15) is 0 Å². The van der Waals surface area contributed by atoms with Crippen molar-refractivity contribution in [3.05, 3.63) is 194 Å². The Morgan fingerprint density at radius 1 is 0.286 bits per heavy atom. The smallest absolute Gasteiger partial charge is 0.0762 e. The van der Waals surface area contributed by atoms with Crippen LogP contribution in [0.3, 0.4) is 0 Å². The Bertz CT molecular complexity index is 3400. The van der Waals surface area contributed by atoms with E-state index in [1.165, 1.54) is 38.1 Å². The summed E-state index contributed by atoms with van der Waals surface area (Å²) in [5.41, 5.74) is 13.4. The Morgan fingerprint density at radius 2 is 0.786 bits per heavy atom.